The Balaban J connectivity index is 2.99. The van der Waals surface area contributed by atoms with Crippen molar-refractivity contribution < 1.29 is 14.7 Å². The van der Waals surface area contributed by atoms with Gasteiger partial charge in [-0.3, -0.25) is 4.79 Å². The van der Waals surface area contributed by atoms with Gasteiger partial charge in [0.15, 0.2) is 0 Å². The summed E-state index contributed by atoms with van der Waals surface area (Å²) in [5.41, 5.74) is 1.86. The number of aromatic amines is 1. The minimum absolute atomic E-state index is 0.0585. The summed E-state index contributed by atoms with van der Waals surface area (Å²) in [5.74, 6) is -2.11. The number of ketones is 1. The Bertz CT molecular complexity index is 910. The van der Waals surface area contributed by atoms with Gasteiger partial charge >= 0.3 is 5.97 Å². The number of Topliss-reactive ketones (excluding diaryl/α,β-unsaturated/α-hetero) is 1. The monoisotopic (exact) mass is 419 g/mol. The van der Waals surface area contributed by atoms with E-state index in [1.165, 1.54) is 20.9 Å². The number of nitrogens with one attached hydrogen (secondary N) is 1. The lowest BCUT2D eigenvalue weighted by Gasteiger charge is -2.30. The summed E-state index contributed by atoms with van der Waals surface area (Å²) >= 11 is 0. The SMILES string of the molecule is C[Si](C)(C)c1ccc2[nH]c(CC(=O)C(=O)O)c([Si](C)(C)C)c2c1[Si](C)(C)C. The summed E-state index contributed by atoms with van der Waals surface area (Å²) in [6.45, 7) is 21.1. The summed E-state index contributed by atoms with van der Waals surface area (Å²) in [6, 6.07) is 4.42. The number of aliphatic carboxylic acids is 1. The molecule has 0 amide bonds. The second-order valence-electron chi connectivity index (χ2n) is 10.5. The first-order chi connectivity index (χ1) is 12.0. The predicted molar refractivity (Wildman–Crippen MR) is 124 cm³/mol. The highest BCUT2D eigenvalue weighted by molar-refractivity contribution is 7.01. The standard InChI is InChI=1S/C20H33NO3Si3/c1-25(2,3)16-11-10-13-17(19(16)27(7,8)9)18(26(4,5)6)14(21-13)12-15(22)20(23)24/h10-11,21H,12H2,1-9H3,(H,23,24). The average molecular weight is 420 g/mol. The molecule has 1 heterocycles. The molecule has 0 aliphatic carbocycles. The first-order valence-corrected chi connectivity index (χ1v) is 20.0. The lowest BCUT2D eigenvalue weighted by molar-refractivity contribution is -0.148. The Morgan fingerprint density at radius 2 is 1.37 bits per heavy atom. The maximum atomic E-state index is 12.0. The topological polar surface area (TPSA) is 70.2 Å². The number of benzene rings is 1. The van der Waals surface area contributed by atoms with Crippen LogP contribution in [0.3, 0.4) is 0 Å². The summed E-state index contributed by atoms with van der Waals surface area (Å²) < 4.78 is 0. The first kappa shape index (κ1) is 21.8. The van der Waals surface area contributed by atoms with Crippen LogP contribution >= 0.6 is 0 Å². The molecule has 0 aliphatic rings. The molecular weight excluding hydrogens is 386 g/mol. The van der Waals surface area contributed by atoms with Gasteiger partial charge in [0.1, 0.15) is 0 Å². The van der Waals surface area contributed by atoms with E-state index < -0.39 is 36.0 Å². The highest BCUT2D eigenvalue weighted by Crippen LogP contribution is 2.21. The van der Waals surface area contributed by atoms with Gasteiger partial charge in [-0.25, -0.2) is 4.79 Å². The van der Waals surface area contributed by atoms with Crippen molar-refractivity contribution in [3.05, 3.63) is 17.8 Å². The lowest BCUT2D eigenvalue weighted by atomic mass is 10.2. The van der Waals surface area contributed by atoms with Crippen LogP contribution in [0.4, 0.5) is 0 Å². The number of rotatable bonds is 6. The van der Waals surface area contributed by atoms with Crippen molar-refractivity contribution in [2.24, 2.45) is 0 Å². The Hall–Kier alpha value is -1.45. The molecule has 0 aliphatic heterocycles. The fraction of sp³-hybridized carbons (Fsp3) is 0.500. The summed E-state index contributed by atoms with van der Waals surface area (Å²) in [7, 11) is -5.05. The number of hydrogen-bond donors (Lipinski definition) is 2. The molecule has 0 saturated carbocycles. The zero-order valence-corrected chi connectivity index (χ0v) is 21.1. The molecule has 2 aromatic rings. The van der Waals surface area contributed by atoms with Gasteiger partial charge in [0.05, 0.1) is 30.6 Å². The molecule has 0 atom stereocenters. The van der Waals surface area contributed by atoms with Crippen molar-refractivity contribution in [2.75, 3.05) is 0 Å². The molecule has 0 fully saturated rings. The van der Waals surface area contributed by atoms with Gasteiger partial charge in [0.25, 0.3) is 0 Å². The highest BCUT2D eigenvalue weighted by Gasteiger charge is 2.35. The maximum absolute atomic E-state index is 12.0. The van der Waals surface area contributed by atoms with E-state index in [1.54, 1.807) is 0 Å². The first-order valence-electron chi connectivity index (χ1n) is 9.50. The maximum Gasteiger partial charge on any atom is 0.372 e. The van der Waals surface area contributed by atoms with Crippen LogP contribution in [0.1, 0.15) is 5.69 Å². The van der Waals surface area contributed by atoms with E-state index in [-0.39, 0.29) is 6.42 Å². The molecule has 27 heavy (non-hydrogen) atoms. The van der Waals surface area contributed by atoms with Crippen LogP contribution < -0.4 is 15.6 Å². The van der Waals surface area contributed by atoms with E-state index in [0.717, 1.165) is 11.2 Å². The molecule has 0 spiro atoms. The molecular formula is C20H33NO3Si3. The summed E-state index contributed by atoms with van der Waals surface area (Å²) in [6.07, 6.45) is -0.0585. The van der Waals surface area contributed by atoms with Crippen LogP contribution in [0, 0.1) is 0 Å². The Labute approximate surface area is 165 Å². The second-order valence-corrected chi connectivity index (χ2v) is 25.6. The van der Waals surface area contributed by atoms with Gasteiger partial charge in [0, 0.05) is 11.2 Å². The Morgan fingerprint density at radius 1 is 0.852 bits per heavy atom. The van der Waals surface area contributed by atoms with Crippen LogP contribution in [0.25, 0.3) is 10.9 Å². The number of H-pyrrole nitrogens is 1. The van der Waals surface area contributed by atoms with Crippen molar-refractivity contribution in [1.82, 2.24) is 4.98 Å². The number of fused-ring (bicyclic) bond motifs is 1. The van der Waals surface area contributed by atoms with Crippen molar-refractivity contribution in [3.8, 4) is 0 Å². The van der Waals surface area contributed by atoms with Crippen LogP contribution in [0.2, 0.25) is 58.9 Å². The van der Waals surface area contributed by atoms with Crippen LogP contribution in [0.15, 0.2) is 12.1 Å². The van der Waals surface area contributed by atoms with E-state index in [1.807, 2.05) is 0 Å². The number of carboxylic acid groups (broad SMARTS) is 1. The quantitative estimate of drug-likeness (QED) is 0.558. The van der Waals surface area contributed by atoms with E-state index >= 15 is 0 Å². The molecule has 0 radical (unpaired) electrons. The average Bonchev–Trinajstić information content (AvgIpc) is 2.81. The lowest BCUT2D eigenvalue weighted by Crippen LogP contribution is -2.58. The Morgan fingerprint density at radius 3 is 1.78 bits per heavy atom. The second kappa shape index (κ2) is 6.86. The van der Waals surface area contributed by atoms with E-state index in [9.17, 15) is 9.59 Å². The number of carbonyl (C=O) groups excluding carboxylic acids is 1. The Kier molecular flexibility index (Phi) is 5.55. The van der Waals surface area contributed by atoms with Gasteiger partial charge in [-0.1, -0.05) is 75.4 Å². The van der Waals surface area contributed by atoms with Crippen molar-refractivity contribution in [1.29, 1.82) is 0 Å². The van der Waals surface area contributed by atoms with Crippen LogP contribution in [-0.2, 0) is 16.0 Å². The van der Waals surface area contributed by atoms with Crippen molar-refractivity contribution >= 4 is 62.4 Å². The summed E-state index contributed by atoms with van der Waals surface area (Å²) in [4.78, 5) is 26.6. The van der Waals surface area contributed by atoms with Gasteiger partial charge in [-0.15, -0.1) is 0 Å². The van der Waals surface area contributed by atoms with Gasteiger partial charge in [0.2, 0.25) is 5.78 Å². The largest absolute Gasteiger partial charge is 0.475 e. The third kappa shape index (κ3) is 4.35. The van der Waals surface area contributed by atoms with Crippen molar-refractivity contribution in [3.63, 3.8) is 0 Å². The molecule has 148 valence electrons. The normalized spacial score (nSPS) is 13.2. The fourth-order valence-electron chi connectivity index (χ4n) is 3.94. The van der Waals surface area contributed by atoms with E-state index in [2.05, 4.69) is 76.0 Å². The molecule has 1 aromatic carbocycles. The zero-order valence-electron chi connectivity index (χ0n) is 18.1. The third-order valence-electron chi connectivity index (χ3n) is 4.93. The van der Waals surface area contributed by atoms with Gasteiger partial charge < -0.3 is 10.1 Å². The molecule has 0 unspecified atom stereocenters. The molecule has 7 heteroatoms. The molecule has 1 aromatic heterocycles. The minimum Gasteiger partial charge on any atom is -0.475 e. The van der Waals surface area contributed by atoms with Crippen LogP contribution in [-0.4, -0.2) is 46.1 Å². The third-order valence-corrected chi connectivity index (χ3v) is 11.3. The molecule has 0 saturated heterocycles. The van der Waals surface area contributed by atoms with Crippen LogP contribution in [0.5, 0.6) is 0 Å². The van der Waals surface area contributed by atoms with Crippen molar-refractivity contribution in [2.45, 2.75) is 65.3 Å². The minimum atomic E-state index is -1.82. The van der Waals surface area contributed by atoms with E-state index in [0.29, 0.717) is 0 Å². The molecule has 2 rings (SSSR count). The zero-order chi connectivity index (χ0) is 20.9. The highest BCUT2D eigenvalue weighted by atomic mass is 28.3. The molecule has 4 nitrogen and oxygen atoms in total. The summed E-state index contributed by atoms with van der Waals surface area (Å²) in [5, 5.41) is 14.6. The van der Waals surface area contributed by atoms with Gasteiger partial charge in [-0.05, 0) is 16.6 Å². The fourth-order valence-corrected chi connectivity index (χ4v) is 11.7. The number of carboxylic acids is 1. The molecule has 2 N–H and O–H groups in total. The molecule has 0 bridgehead atoms. The van der Waals surface area contributed by atoms with E-state index in [4.69, 9.17) is 5.11 Å². The number of aromatic nitrogens is 1. The smallest absolute Gasteiger partial charge is 0.372 e. The predicted octanol–water partition coefficient (Wildman–Crippen LogP) is 3.00. The van der Waals surface area contributed by atoms with Gasteiger partial charge in [-0.2, -0.15) is 0 Å². The number of carbonyl (C=O) groups is 2. The number of hydrogen-bond acceptors (Lipinski definition) is 2.